The fraction of sp³-hybridized carbons (Fsp3) is 0.250. The molecule has 0 saturated carbocycles. The van der Waals surface area contributed by atoms with E-state index in [1.54, 1.807) is 7.05 Å². The van der Waals surface area contributed by atoms with Crippen molar-refractivity contribution in [1.29, 1.82) is 5.26 Å². The van der Waals surface area contributed by atoms with Crippen molar-refractivity contribution in [2.24, 2.45) is 0 Å². The summed E-state index contributed by atoms with van der Waals surface area (Å²) in [6.45, 7) is 3.68. The van der Waals surface area contributed by atoms with Gasteiger partial charge in [0.1, 0.15) is 23.4 Å². The van der Waals surface area contributed by atoms with Crippen molar-refractivity contribution in [3.63, 3.8) is 0 Å². The Morgan fingerprint density at radius 2 is 1.73 bits per heavy atom. The van der Waals surface area contributed by atoms with E-state index in [2.05, 4.69) is 21.4 Å². The van der Waals surface area contributed by atoms with Gasteiger partial charge in [0.05, 0.1) is 23.2 Å². The number of carbonyl (C=O) groups is 1. The lowest BCUT2D eigenvalue weighted by Gasteiger charge is -2.38. The molecule has 0 fully saturated rings. The molecule has 0 saturated heterocycles. The van der Waals surface area contributed by atoms with Crippen molar-refractivity contribution in [2.45, 2.75) is 25.3 Å². The lowest BCUT2D eigenvalue weighted by atomic mass is 9.86. The largest absolute Gasteiger partial charge is 0.342 e. The number of benzene rings is 2. The van der Waals surface area contributed by atoms with Gasteiger partial charge < -0.3 is 15.1 Å². The van der Waals surface area contributed by atoms with Gasteiger partial charge in [-0.05, 0) is 43.7 Å². The first-order chi connectivity index (χ1) is 15.6. The van der Waals surface area contributed by atoms with Crippen LogP contribution in [0.1, 0.15) is 31.0 Å². The Hall–Kier alpha value is -4.06. The Labute approximate surface area is 190 Å². The second-order valence-electron chi connectivity index (χ2n) is 8.39. The van der Waals surface area contributed by atoms with Gasteiger partial charge in [-0.15, -0.1) is 0 Å². The summed E-state index contributed by atoms with van der Waals surface area (Å²) in [4.78, 5) is 24.5. The molecule has 1 amide bonds. The summed E-state index contributed by atoms with van der Waals surface area (Å²) in [6.07, 6.45) is 1.49. The molecule has 1 unspecified atom stereocenters. The van der Waals surface area contributed by atoms with Crippen LogP contribution in [0.3, 0.4) is 0 Å². The van der Waals surface area contributed by atoms with Crippen LogP contribution in [-0.4, -0.2) is 30.0 Å². The molecule has 168 valence electrons. The van der Waals surface area contributed by atoms with Crippen LogP contribution in [0.2, 0.25) is 0 Å². The highest BCUT2D eigenvalue weighted by Crippen LogP contribution is 2.40. The average molecular weight is 448 g/mol. The Morgan fingerprint density at radius 3 is 2.33 bits per heavy atom. The van der Waals surface area contributed by atoms with E-state index >= 15 is 0 Å². The highest BCUT2D eigenvalue weighted by molar-refractivity contribution is 6.04. The molecule has 9 heteroatoms. The van der Waals surface area contributed by atoms with Gasteiger partial charge in [0.25, 0.3) is 5.91 Å². The van der Waals surface area contributed by atoms with Gasteiger partial charge in [-0.3, -0.25) is 4.79 Å². The van der Waals surface area contributed by atoms with Crippen LogP contribution >= 0.6 is 0 Å². The molecule has 7 nitrogen and oxygen atoms in total. The van der Waals surface area contributed by atoms with Gasteiger partial charge >= 0.3 is 0 Å². The normalized spacial score (nSPS) is 15.8. The van der Waals surface area contributed by atoms with E-state index in [9.17, 15) is 18.8 Å². The zero-order valence-electron chi connectivity index (χ0n) is 18.6. The molecule has 3 aromatic rings. The number of amides is 1. The minimum atomic E-state index is -1.21. The number of fused-ring (bicyclic) bond motifs is 1. The number of aromatic nitrogens is 2. The van der Waals surface area contributed by atoms with Crippen LogP contribution in [0.4, 0.5) is 31.9 Å². The number of anilines is 4. The monoisotopic (exact) mass is 448 g/mol. The lowest BCUT2D eigenvalue weighted by molar-refractivity contribution is -0.120. The van der Waals surface area contributed by atoms with Crippen LogP contribution in [-0.2, 0) is 10.2 Å². The standard InChI is InChI=1S/C24H22F2N6O/c1-24(2,13-27)14-8-10-15(11-9-14)29-23-28-12-18-21(30-23)32(4)20(22(33)31(18)3)19-16(25)6-5-7-17(19)26/h5-12,20H,1-4H3,(H,28,29,30). The predicted molar refractivity (Wildman–Crippen MR) is 121 cm³/mol. The van der Waals surface area contributed by atoms with Gasteiger partial charge in [-0.1, -0.05) is 18.2 Å². The highest BCUT2D eigenvalue weighted by Gasteiger charge is 2.40. The van der Waals surface area contributed by atoms with Gasteiger partial charge in [0.2, 0.25) is 5.95 Å². The SMILES string of the molecule is CN1C(=O)C(c2c(F)cccc2F)N(C)c2nc(Nc3ccc(C(C)(C)C#N)cc3)ncc21. The zero-order chi connectivity index (χ0) is 23.9. The van der Waals surface area contributed by atoms with Gasteiger partial charge in [-0.2, -0.15) is 10.2 Å². The summed E-state index contributed by atoms with van der Waals surface area (Å²) in [5, 5.41) is 12.4. The molecule has 1 aliphatic rings. The topological polar surface area (TPSA) is 85.2 Å². The summed E-state index contributed by atoms with van der Waals surface area (Å²) in [5.74, 6) is -1.49. The van der Waals surface area contributed by atoms with Crippen LogP contribution < -0.4 is 15.1 Å². The third-order valence-corrected chi connectivity index (χ3v) is 5.81. The number of carbonyl (C=O) groups excluding carboxylic acids is 1. The zero-order valence-corrected chi connectivity index (χ0v) is 18.6. The number of nitrogens with zero attached hydrogens (tertiary/aromatic N) is 5. The molecule has 33 heavy (non-hydrogen) atoms. The summed E-state index contributed by atoms with van der Waals surface area (Å²) >= 11 is 0. The molecule has 1 aromatic heterocycles. The van der Waals surface area contributed by atoms with E-state index in [4.69, 9.17) is 0 Å². The van der Waals surface area contributed by atoms with Crippen molar-refractivity contribution < 1.29 is 13.6 Å². The van der Waals surface area contributed by atoms with Crippen molar-refractivity contribution in [1.82, 2.24) is 9.97 Å². The molecule has 0 bridgehead atoms. The molecule has 2 heterocycles. The molecule has 2 aromatic carbocycles. The molecule has 1 aliphatic heterocycles. The van der Waals surface area contributed by atoms with Crippen LogP contribution in [0.5, 0.6) is 0 Å². The Balaban J connectivity index is 1.68. The van der Waals surface area contributed by atoms with Crippen molar-refractivity contribution >= 4 is 29.0 Å². The number of hydrogen-bond acceptors (Lipinski definition) is 6. The molecule has 1 N–H and O–H groups in total. The Morgan fingerprint density at radius 1 is 1.09 bits per heavy atom. The predicted octanol–water partition coefficient (Wildman–Crippen LogP) is 4.45. The highest BCUT2D eigenvalue weighted by atomic mass is 19.1. The van der Waals surface area contributed by atoms with Gasteiger partial charge in [0, 0.05) is 19.8 Å². The fourth-order valence-corrected chi connectivity index (χ4v) is 3.77. The summed E-state index contributed by atoms with van der Waals surface area (Å²) < 4.78 is 29.0. The molecular weight excluding hydrogens is 426 g/mol. The Bertz CT molecular complexity index is 1250. The number of rotatable bonds is 4. The quantitative estimate of drug-likeness (QED) is 0.635. The van der Waals surface area contributed by atoms with Crippen LogP contribution in [0.15, 0.2) is 48.7 Å². The van der Waals surface area contributed by atoms with E-state index in [1.165, 1.54) is 29.1 Å². The van der Waals surface area contributed by atoms with Gasteiger partial charge in [-0.25, -0.2) is 13.8 Å². The second-order valence-corrected chi connectivity index (χ2v) is 8.39. The van der Waals surface area contributed by atoms with E-state index in [1.807, 2.05) is 38.1 Å². The smallest absolute Gasteiger partial charge is 0.254 e. The molecule has 4 rings (SSSR count). The average Bonchev–Trinajstić information content (AvgIpc) is 2.80. The molecule has 0 radical (unpaired) electrons. The number of hydrogen-bond donors (Lipinski definition) is 1. The minimum Gasteiger partial charge on any atom is -0.342 e. The van der Waals surface area contributed by atoms with E-state index < -0.39 is 29.0 Å². The van der Waals surface area contributed by atoms with Crippen LogP contribution in [0, 0.1) is 23.0 Å². The molecule has 0 spiro atoms. The summed E-state index contributed by atoms with van der Waals surface area (Å²) in [5.41, 5.74) is 1.06. The maximum atomic E-state index is 14.5. The van der Waals surface area contributed by atoms with Gasteiger partial charge in [0.15, 0.2) is 5.82 Å². The Kier molecular flexibility index (Phi) is 5.46. The maximum absolute atomic E-state index is 14.5. The second kappa shape index (κ2) is 8.13. The molecular formula is C24H22F2N6O. The third kappa shape index (κ3) is 3.84. The maximum Gasteiger partial charge on any atom is 0.254 e. The fourth-order valence-electron chi connectivity index (χ4n) is 3.77. The number of nitrogens with one attached hydrogen (secondary N) is 1. The molecule has 1 atom stereocenters. The lowest BCUT2D eigenvalue weighted by Crippen LogP contribution is -2.46. The first kappa shape index (κ1) is 22.1. The first-order valence-electron chi connectivity index (χ1n) is 10.2. The number of halogens is 2. The van der Waals surface area contributed by atoms with E-state index in [0.717, 1.165) is 17.7 Å². The number of likely N-dealkylation sites (N-methyl/N-ethyl adjacent to an activating group) is 2. The summed E-state index contributed by atoms with van der Waals surface area (Å²) in [6, 6.07) is 11.9. The third-order valence-electron chi connectivity index (χ3n) is 5.81. The van der Waals surface area contributed by atoms with E-state index in [-0.39, 0.29) is 11.5 Å². The first-order valence-corrected chi connectivity index (χ1v) is 10.2. The number of nitriles is 1. The summed E-state index contributed by atoms with van der Waals surface area (Å²) in [7, 11) is 3.09. The van der Waals surface area contributed by atoms with Crippen molar-refractivity contribution in [3.8, 4) is 6.07 Å². The van der Waals surface area contributed by atoms with E-state index in [0.29, 0.717) is 17.2 Å². The van der Waals surface area contributed by atoms with Crippen LogP contribution in [0.25, 0.3) is 0 Å². The minimum absolute atomic E-state index is 0.253. The molecule has 0 aliphatic carbocycles. The van der Waals surface area contributed by atoms with Crippen molar-refractivity contribution in [3.05, 3.63) is 71.4 Å². The van der Waals surface area contributed by atoms with Crippen molar-refractivity contribution in [2.75, 3.05) is 29.2 Å².